The first kappa shape index (κ1) is 16.8. The van der Waals surface area contributed by atoms with Crippen molar-refractivity contribution in [3.05, 3.63) is 35.8 Å². The summed E-state index contributed by atoms with van der Waals surface area (Å²) in [6.07, 6.45) is 4.20. The van der Waals surface area contributed by atoms with E-state index in [1.807, 2.05) is 33.0 Å². The third kappa shape index (κ3) is 3.56. The van der Waals surface area contributed by atoms with Gasteiger partial charge >= 0.3 is 0 Å². The second-order valence-electron chi connectivity index (χ2n) is 6.47. The van der Waals surface area contributed by atoms with E-state index in [2.05, 4.69) is 14.9 Å². The molecule has 3 heterocycles. The van der Waals surface area contributed by atoms with E-state index in [1.165, 1.54) is 0 Å². The third-order valence-corrected chi connectivity index (χ3v) is 6.34. The van der Waals surface area contributed by atoms with E-state index in [1.54, 1.807) is 12.4 Å². The zero-order valence-electron chi connectivity index (χ0n) is 14.2. The second-order valence-corrected chi connectivity index (χ2v) is 8.70. The van der Waals surface area contributed by atoms with E-state index in [4.69, 9.17) is 4.98 Å². The smallest absolute Gasteiger partial charge is 0.163 e. The Bertz CT molecular complexity index is 837. The lowest BCUT2D eigenvalue weighted by Crippen LogP contribution is -2.28. The van der Waals surface area contributed by atoms with Gasteiger partial charge in [-0.1, -0.05) is 0 Å². The molecule has 0 spiro atoms. The Labute approximate surface area is 142 Å². The molecule has 0 radical (unpaired) electrons. The van der Waals surface area contributed by atoms with Gasteiger partial charge in [0.2, 0.25) is 0 Å². The molecule has 128 valence electrons. The Morgan fingerprint density at radius 2 is 2.08 bits per heavy atom. The van der Waals surface area contributed by atoms with Crippen molar-refractivity contribution in [3.8, 4) is 11.4 Å². The molecule has 0 bridgehead atoms. The molecular formula is C17H22N4O2S. The minimum absolute atomic E-state index is 0.163. The van der Waals surface area contributed by atoms with E-state index in [-0.39, 0.29) is 11.7 Å². The van der Waals surface area contributed by atoms with E-state index in [9.17, 15) is 8.42 Å². The number of rotatable bonds is 4. The molecule has 0 unspecified atom stereocenters. The Kier molecular flexibility index (Phi) is 4.54. The van der Waals surface area contributed by atoms with Crippen LogP contribution in [0.1, 0.15) is 17.7 Å². The van der Waals surface area contributed by atoms with Crippen LogP contribution in [0.5, 0.6) is 0 Å². The van der Waals surface area contributed by atoms with Crippen LogP contribution in [0, 0.1) is 19.8 Å². The van der Waals surface area contributed by atoms with Crippen LogP contribution < -0.4 is 4.90 Å². The number of hydrogen-bond donors (Lipinski definition) is 0. The minimum atomic E-state index is -2.86. The minimum Gasteiger partial charge on any atom is -0.359 e. The highest BCUT2D eigenvalue weighted by atomic mass is 32.2. The molecule has 0 N–H and O–H groups in total. The normalized spacial score (nSPS) is 19.4. The molecule has 0 aliphatic carbocycles. The van der Waals surface area contributed by atoms with Crippen molar-refractivity contribution >= 4 is 15.7 Å². The SMILES string of the molecule is Cc1nc(-c2cccnc2)nc(N(C)C[C@H]2CCS(=O)(=O)C2)c1C. The maximum Gasteiger partial charge on any atom is 0.163 e. The van der Waals surface area contributed by atoms with Gasteiger partial charge in [-0.2, -0.15) is 0 Å². The predicted molar refractivity (Wildman–Crippen MR) is 94.8 cm³/mol. The topological polar surface area (TPSA) is 76.1 Å². The molecule has 7 heteroatoms. The molecule has 1 aliphatic heterocycles. The molecule has 0 saturated carbocycles. The highest BCUT2D eigenvalue weighted by molar-refractivity contribution is 7.91. The molecule has 3 rings (SSSR count). The summed E-state index contributed by atoms with van der Waals surface area (Å²) < 4.78 is 23.3. The summed E-state index contributed by atoms with van der Waals surface area (Å²) >= 11 is 0. The largest absolute Gasteiger partial charge is 0.359 e. The van der Waals surface area contributed by atoms with Crippen molar-refractivity contribution in [2.24, 2.45) is 5.92 Å². The lowest BCUT2D eigenvalue weighted by atomic mass is 10.1. The summed E-state index contributed by atoms with van der Waals surface area (Å²) in [5, 5.41) is 0. The fourth-order valence-corrected chi connectivity index (χ4v) is 4.95. The first-order chi connectivity index (χ1) is 11.4. The molecule has 1 fully saturated rings. The maximum absolute atomic E-state index is 11.7. The Morgan fingerprint density at radius 1 is 1.29 bits per heavy atom. The van der Waals surface area contributed by atoms with Crippen LogP contribution in [0.15, 0.2) is 24.5 Å². The van der Waals surface area contributed by atoms with Gasteiger partial charge < -0.3 is 4.90 Å². The van der Waals surface area contributed by atoms with Gasteiger partial charge in [0.25, 0.3) is 0 Å². The molecule has 1 saturated heterocycles. The molecule has 6 nitrogen and oxygen atoms in total. The van der Waals surface area contributed by atoms with Crippen molar-refractivity contribution in [3.63, 3.8) is 0 Å². The Balaban J connectivity index is 1.88. The van der Waals surface area contributed by atoms with Crippen LogP contribution in [-0.4, -0.2) is 48.5 Å². The lowest BCUT2D eigenvalue weighted by Gasteiger charge is -2.24. The van der Waals surface area contributed by atoms with Crippen molar-refractivity contribution in [2.75, 3.05) is 30.0 Å². The van der Waals surface area contributed by atoms with E-state index in [0.29, 0.717) is 18.1 Å². The standard InChI is InChI=1S/C17H22N4O2S/c1-12-13(2)19-16(15-5-4-7-18-9-15)20-17(12)21(3)10-14-6-8-24(22,23)11-14/h4-5,7,9,14H,6,8,10-11H2,1-3H3/t14-/m1/s1. The van der Waals surface area contributed by atoms with Gasteiger partial charge in [0.1, 0.15) is 5.82 Å². The summed E-state index contributed by atoms with van der Waals surface area (Å²) in [5.74, 6) is 2.23. The van der Waals surface area contributed by atoms with Crippen LogP contribution in [-0.2, 0) is 9.84 Å². The monoisotopic (exact) mass is 346 g/mol. The van der Waals surface area contributed by atoms with Crippen molar-refractivity contribution in [1.82, 2.24) is 15.0 Å². The van der Waals surface area contributed by atoms with Crippen molar-refractivity contribution in [2.45, 2.75) is 20.3 Å². The summed E-state index contributed by atoms with van der Waals surface area (Å²) in [6.45, 7) is 4.65. The molecule has 1 aliphatic rings. The summed E-state index contributed by atoms with van der Waals surface area (Å²) in [4.78, 5) is 15.5. The fraction of sp³-hybridized carbons (Fsp3) is 0.471. The first-order valence-corrected chi connectivity index (χ1v) is 9.85. The predicted octanol–water partition coefficient (Wildman–Crippen LogP) is 2.03. The van der Waals surface area contributed by atoms with Crippen LogP contribution in [0.25, 0.3) is 11.4 Å². The van der Waals surface area contributed by atoms with E-state index in [0.717, 1.165) is 29.1 Å². The number of aryl methyl sites for hydroxylation is 1. The molecular weight excluding hydrogens is 324 g/mol. The molecule has 1 atom stereocenters. The molecule has 0 aromatic carbocycles. The highest BCUT2D eigenvalue weighted by Gasteiger charge is 2.29. The van der Waals surface area contributed by atoms with Gasteiger partial charge in [-0.15, -0.1) is 0 Å². The zero-order valence-corrected chi connectivity index (χ0v) is 15.0. The van der Waals surface area contributed by atoms with Crippen LogP contribution in [0.3, 0.4) is 0 Å². The van der Waals surface area contributed by atoms with Gasteiger partial charge in [-0.3, -0.25) is 4.98 Å². The van der Waals surface area contributed by atoms with E-state index < -0.39 is 9.84 Å². The number of nitrogens with zero attached hydrogens (tertiary/aromatic N) is 4. The molecule has 0 amide bonds. The van der Waals surface area contributed by atoms with Crippen LogP contribution in [0.4, 0.5) is 5.82 Å². The number of aromatic nitrogens is 3. The van der Waals surface area contributed by atoms with Gasteiger partial charge in [-0.05, 0) is 38.3 Å². The Morgan fingerprint density at radius 3 is 2.71 bits per heavy atom. The van der Waals surface area contributed by atoms with Gasteiger partial charge in [0.15, 0.2) is 15.7 Å². The number of sulfone groups is 1. The summed E-state index contributed by atoms with van der Waals surface area (Å²) in [7, 11) is -0.895. The fourth-order valence-electron chi connectivity index (χ4n) is 3.10. The Hall–Kier alpha value is -2.02. The van der Waals surface area contributed by atoms with Crippen molar-refractivity contribution in [1.29, 1.82) is 0 Å². The summed E-state index contributed by atoms with van der Waals surface area (Å²) in [5.41, 5.74) is 2.81. The van der Waals surface area contributed by atoms with Crippen molar-refractivity contribution < 1.29 is 8.42 Å². The average molecular weight is 346 g/mol. The lowest BCUT2D eigenvalue weighted by molar-refractivity contribution is 0.579. The quantitative estimate of drug-likeness (QED) is 0.843. The van der Waals surface area contributed by atoms with E-state index >= 15 is 0 Å². The summed E-state index contributed by atoms with van der Waals surface area (Å²) in [6, 6.07) is 3.80. The number of anilines is 1. The first-order valence-electron chi connectivity index (χ1n) is 8.03. The highest BCUT2D eigenvalue weighted by Crippen LogP contribution is 2.26. The molecule has 2 aromatic heterocycles. The maximum atomic E-state index is 11.7. The number of pyridine rings is 1. The van der Waals surface area contributed by atoms with Gasteiger partial charge in [-0.25, -0.2) is 18.4 Å². The van der Waals surface area contributed by atoms with Crippen LogP contribution >= 0.6 is 0 Å². The second kappa shape index (κ2) is 6.47. The molecule has 24 heavy (non-hydrogen) atoms. The van der Waals surface area contributed by atoms with Gasteiger partial charge in [0.05, 0.1) is 11.5 Å². The zero-order chi connectivity index (χ0) is 17.3. The number of hydrogen-bond acceptors (Lipinski definition) is 6. The average Bonchev–Trinajstić information content (AvgIpc) is 2.89. The molecule has 2 aromatic rings. The van der Waals surface area contributed by atoms with Crippen LogP contribution in [0.2, 0.25) is 0 Å². The van der Waals surface area contributed by atoms with Gasteiger partial charge in [0, 0.05) is 42.8 Å². The third-order valence-electron chi connectivity index (χ3n) is 4.50.